The number of hydrogen-bond donors (Lipinski definition) is 1. The van der Waals surface area contributed by atoms with Crippen LogP contribution in [-0.2, 0) is 5.75 Å². The summed E-state index contributed by atoms with van der Waals surface area (Å²) in [4.78, 5) is 20.3. The molecule has 3 rings (SSSR count). The molecular formula is C16H14ClN3O2S. The lowest BCUT2D eigenvalue weighted by atomic mass is 10.1. The highest BCUT2D eigenvalue weighted by molar-refractivity contribution is 7.98. The first kappa shape index (κ1) is 15.8. The van der Waals surface area contributed by atoms with Crippen LogP contribution in [-0.4, -0.2) is 9.97 Å². The van der Waals surface area contributed by atoms with E-state index < -0.39 is 0 Å². The van der Waals surface area contributed by atoms with Gasteiger partial charge in [-0.15, -0.1) is 0 Å². The number of nitrogen functional groups attached to an aromatic ring is 1. The van der Waals surface area contributed by atoms with E-state index in [0.717, 1.165) is 22.2 Å². The zero-order valence-electron chi connectivity index (χ0n) is 12.6. The Balaban J connectivity index is 1.99. The van der Waals surface area contributed by atoms with Gasteiger partial charge in [-0.3, -0.25) is 0 Å². The first-order chi connectivity index (χ1) is 10.9. The minimum atomic E-state index is -0.389. The Morgan fingerprint density at radius 1 is 1.22 bits per heavy atom. The minimum absolute atomic E-state index is 0.389. The minimum Gasteiger partial charge on any atom is -0.423 e. The predicted molar refractivity (Wildman–Crippen MR) is 93.0 cm³/mol. The summed E-state index contributed by atoms with van der Waals surface area (Å²) < 4.78 is 5.25. The van der Waals surface area contributed by atoms with E-state index in [9.17, 15) is 4.79 Å². The number of fused-ring (bicyclic) bond motifs is 1. The fraction of sp³-hybridized carbons (Fsp3) is 0.188. The van der Waals surface area contributed by atoms with E-state index in [-0.39, 0.29) is 5.63 Å². The van der Waals surface area contributed by atoms with Crippen molar-refractivity contribution in [3.63, 3.8) is 0 Å². The van der Waals surface area contributed by atoms with Crippen molar-refractivity contribution in [3.8, 4) is 0 Å². The van der Waals surface area contributed by atoms with Crippen LogP contribution in [0.25, 0.3) is 11.0 Å². The normalized spacial score (nSPS) is 11.1. The van der Waals surface area contributed by atoms with E-state index in [0.29, 0.717) is 27.3 Å². The van der Waals surface area contributed by atoms with Crippen molar-refractivity contribution in [2.24, 2.45) is 0 Å². The third-order valence-corrected chi connectivity index (χ3v) is 4.62. The number of anilines is 1. The Morgan fingerprint density at radius 2 is 2.00 bits per heavy atom. The van der Waals surface area contributed by atoms with E-state index in [4.69, 9.17) is 21.8 Å². The zero-order valence-corrected chi connectivity index (χ0v) is 14.2. The topological polar surface area (TPSA) is 82.0 Å². The summed E-state index contributed by atoms with van der Waals surface area (Å²) in [5.74, 6) is 0.945. The molecule has 3 aromatic rings. The Labute approximate surface area is 141 Å². The van der Waals surface area contributed by atoms with Gasteiger partial charge < -0.3 is 10.2 Å². The number of aromatic nitrogens is 2. The Morgan fingerprint density at radius 3 is 2.74 bits per heavy atom. The Hall–Kier alpha value is -2.05. The molecule has 5 nitrogen and oxygen atoms in total. The van der Waals surface area contributed by atoms with E-state index in [1.165, 1.54) is 17.8 Å². The van der Waals surface area contributed by atoms with Gasteiger partial charge in [0.15, 0.2) is 5.16 Å². The maximum atomic E-state index is 11.8. The van der Waals surface area contributed by atoms with Crippen molar-refractivity contribution in [1.82, 2.24) is 9.97 Å². The lowest BCUT2D eigenvalue weighted by Crippen LogP contribution is -2.01. The molecule has 2 aromatic heterocycles. The molecular weight excluding hydrogens is 334 g/mol. The molecule has 0 saturated carbocycles. The first-order valence-corrected chi connectivity index (χ1v) is 8.25. The van der Waals surface area contributed by atoms with E-state index in [1.54, 1.807) is 12.1 Å². The van der Waals surface area contributed by atoms with E-state index in [1.807, 2.05) is 19.9 Å². The highest BCUT2D eigenvalue weighted by atomic mass is 35.5. The number of nitrogens with zero attached hydrogens (tertiary/aromatic N) is 2. The molecule has 0 aliphatic rings. The second kappa shape index (κ2) is 6.22. The molecule has 0 bridgehead atoms. The fourth-order valence-corrected chi connectivity index (χ4v) is 3.30. The molecule has 118 valence electrons. The molecule has 0 radical (unpaired) electrons. The van der Waals surface area contributed by atoms with Gasteiger partial charge in [-0.25, -0.2) is 14.8 Å². The highest BCUT2D eigenvalue weighted by Crippen LogP contribution is 2.28. The molecule has 0 saturated heterocycles. The van der Waals surface area contributed by atoms with Gasteiger partial charge in [0.05, 0.1) is 0 Å². The Bertz CT molecular complexity index is 936. The SMILES string of the molecule is Cc1cc(N)nc(SCc2cc(=O)oc3cc(C)c(Cl)cc23)n1. The predicted octanol–water partition coefficient (Wildman–Crippen LogP) is 3.73. The Kier molecular flexibility index (Phi) is 4.28. The van der Waals surface area contributed by atoms with Crippen molar-refractivity contribution < 1.29 is 4.42 Å². The molecule has 0 spiro atoms. The van der Waals surface area contributed by atoms with Gasteiger partial charge in [0.25, 0.3) is 0 Å². The van der Waals surface area contributed by atoms with Crippen LogP contribution in [0.15, 0.2) is 38.6 Å². The molecule has 0 unspecified atom stereocenters. The van der Waals surface area contributed by atoms with Gasteiger partial charge in [0.2, 0.25) is 0 Å². The summed E-state index contributed by atoms with van der Waals surface area (Å²) in [5, 5.41) is 2.02. The van der Waals surface area contributed by atoms with Crippen molar-refractivity contribution >= 4 is 40.1 Å². The standard InChI is InChI=1S/C16H14ClN3O2S/c1-8-3-13-11(6-12(8)17)10(5-15(21)22-13)7-23-16-19-9(2)4-14(18)20-16/h3-6H,7H2,1-2H3,(H2,18,19,20). The fourth-order valence-electron chi connectivity index (χ4n) is 2.24. The maximum Gasteiger partial charge on any atom is 0.336 e. The lowest BCUT2D eigenvalue weighted by molar-refractivity contribution is 0.559. The number of nitrogens with two attached hydrogens (primary N) is 1. The second-order valence-electron chi connectivity index (χ2n) is 5.19. The monoisotopic (exact) mass is 347 g/mol. The molecule has 0 atom stereocenters. The van der Waals surface area contributed by atoms with Gasteiger partial charge >= 0.3 is 5.63 Å². The van der Waals surface area contributed by atoms with Crippen LogP contribution in [0, 0.1) is 13.8 Å². The third kappa shape index (κ3) is 3.48. The lowest BCUT2D eigenvalue weighted by Gasteiger charge is -2.07. The van der Waals surface area contributed by atoms with Crippen molar-refractivity contribution in [2.75, 3.05) is 5.73 Å². The van der Waals surface area contributed by atoms with Gasteiger partial charge in [-0.1, -0.05) is 23.4 Å². The molecule has 2 N–H and O–H groups in total. The van der Waals surface area contributed by atoms with Crippen LogP contribution in [0.1, 0.15) is 16.8 Å². The van der Waals surface area contributed by atoms with Crippen LogP contribution < -0.4 is 11.4 Å². The zero-order chi connectivity index (χ0) is 16.6. The number of halogens is 1. The largest absolute Gasteiger partial charge is 0.423 e. The molecule has 0 aliphatic carbocycles. The van der Waals surface area contributed by atoms with E-state index >= 15 is 0 Å². The average molecular weight is 348 g/mol. The number of rotatable bonds is 3. The van der Waals surface area contributed by atoms with Gasteiger partial charge in [0.1, 0.15) is 11.4 Å². The molecule has 1 aromatic carbocycles. The first-order valence-electron chi connectivity index (χ1n) is 6.89. The van der Waals surface area contributed by atoms with Crippen molar-refractivity contribution in [1.29, 1.82) is 0 Å². The van der Waals surface area contributed by atoms with Crippen molar-refractivity contribution in [2.45, 2.75) is 24.8 Å². The summed E-state index contributed by atoms with van der Waals surface area (Å²) in [6.45, 7) is 3.73. The third-order valence-electron chi connectivity index (χ3n) is 3.32. The molecule has 0 aliphatic heterocycles. The summed E-state index contributed by atoms with van der Waals surface area (Å²) in [7, 11) is 0. The van der Waals surface area contributed by atoms with Crippen LogP contribution >= 0.6 is 23.4 Å². The molecule has 7 heteroatoms. The maximum absolute atomic E-state index is 11.8. The second-order valence-corrected chi connectivity index (χ2v) is 6.54. The quantitative estimate of drug-likeness (QED) is 0.441. The summed E-state index contributed by atoms with van der Waals surface area (Å²) >= 11 is 7.60. The molecule has 23 heavy (non-hydrogen) atoms. The van der Waals surface area contributed by atoms with Crippen LogP contribution in [0.3, 0.4) is 0 Å². The summed E-state index contributed by atoms with van der Waals surface area (Å²) in [5.41, 5.74) is 8.36. The van der Waals surface area contributed by atoms with Crippen molar-refractivity contribution in [3.05, 3.63) is 56.5 Å². The average Bonchev–Trinajstić information content (AvgIpc) is 2.45. The van der Waals surface area contributed by atoms with Gasteiger partial charge in [-0.2, -0.15) is 0 Å². The molecule has 0 fully saturated rings. The summed E-state index contributed by atoms with van der Waals surface area (Å²) in [6.07, 6.45) is 0. The van der Waals surface area contributed by atoms with Gasteiger partial charge in [-0.05, 0) is 37.1 Å². The summed E-state index contributed by atoms with van der Waals surface area (Å²) in [6, 6.07) is 6.77. The molecule has 0 amide bonds. The highest BCUT2D eigenvalue weighted by Gasteiger charge is 2.10. The smallest absolute Gasteiger partial charge is 0.336 e. The van der Waals surface area contributed by atoms with Crippen LogP contribution in [0.5, 0.6) is 0 Å². The van der Waals surface area contributed by atoms with Crippen LogP contribution in [0.4, 0.5) is 5.82 Å². The molecule has 2 heterocycles. The van der Waals surface area contributed by atoms with Crippen LogP contribution in [0.2, 0.25) is 5.02 Å². The number of hydrogen-bond acceptors (Lipinski definition) is 6. The number of aryl methyl sites for hydroxylation is 2. The van der Waals surface area contributed by atoms with E-state index in [2.05, 4.69) is 9.97 Å². The van der Waals surface area contributed by atoms with Gasteiger partial charge in [0, 0.05) is 34.0 Å². The number of benzene rings is 1. The number of thioether (sulfide) groups is 1.